The second-order valence-electron chi connectivity index (χ2n) is 2.63. The van der Waals surface area contributed by atoms with Gasteiger partial charge in [-0.2, -0.15) is 4.98 Å². The Morgan fingerprint density at radius 1 is 1.62 bits per heavy atom. The molecule has 0 aliphatic heterocycles. The van der Waals surface area contributed by atoms with Crippen molar-refractivity contribution < 1.29 is 0 Å². The van der Waals surface area contributed by atoms with E-state index in [-0.39, 0.29) is 5.28 Å². The Morgan fingerprint density at radius 3 is 2.75 bits per heavy atom. The van der Waals surface area contributed by atoms with E-state index >= 15 is 0 Å². The van der Waals surface area contributed by atoms with Crippen molar-refractivity contribution in [1.82, 2.24) is 9.97 Å². The van der Waals surface area contributed by atoms with E-state index in [1.54, 1.807) is 12.3 Å². The molecule has 0 aliphatic carbocycles. The van der Waals surface area contributed by atoms with Gasteiger partial charge in [0.25, 0.3) is 0 Å². The number of hydrogen-bond donors (Lipinski definition) is 1. The van der Waals surface area contributed by atoms with Crippen molar-refractivity contribution >= 4 is 33.3 Å². The second kappa shape index (κ2) is 9.36. The Bertz CT molecular complexity index is 353. The third kappa shape index (κ3) is 6.58. The summed E-state index contributed by atoms with van der Waals surface area (Å²) in [5.74, 6) is 0.729. The number of halogens is 2. The number of rotatable bonds is 3. The largest absolute Gasteiger partial charge is 0.369 e. The molecule has 1 N–H and O–H groups in total. The summed E-state index contributed by atoms with van der Waals surface area (Å²) in [6.45, 7) is 8.22. The van der Waals surface area contributed by atoms with Gasteiger partial charge in [-0.15, -0.1) is 0 Å². The molecule has 1 heterocycles. The molecule has 0 bridgehead atoms. The molecule has 3 nitrogen and oxygen atoms in total. The molecule has 0 unspecified atom stereocenters. The fraction of sp³-hybridized carbons (Fsp3) is 0.273. The highest BCUT2D eigenvalue weighted by Crippen LogP contribution is 2.19. The fourth-order valence-electron chi connectivity index (χ4n) is 0.773. The molecule has 0 amide bonds. The Hall–Kier alpha value is -0.870. The van der Waals surface area contributed by atoms with Gasteiger partial charge >= 0.3 is 0 Å². The molecule has 16 heavy (non-hydrogen) atoms. The van der Waals surface area contributed by atoms with E-state index in [2.05, 4.69) is 37.8 Å². The standard InChI is InChI=1S/C6H7BrClN3.C5H8/c1-2-9-5-4(7)3-10-6(8)11-5;1-3-5-4-2/h3H,2H2,1H3,(H,9,10,11);3-5H,1H2,2H3/b;5-4+. The minimum absolute atomic E-state index is 0.254. The molecule has 0 fully saturated rings. The quantitative estimate of drug-likeness (QED) is 0.675. The summed E-state index contributed by atoms with van der Waals surface area (Å²) < 4.78 is 0.823. The number of hydrogen-bond acceptors (Lipinski definition) is 3. The molecule has 88 valence electrons. The SMILES string of the molecule is C=C/C=C/C.CCNc1nc(Cl)ncc1Br. The number of aromatic nitrogens is 2. The van der Waals surface area contributed by atoms with Crippen LogP contribution in [0.2, 0.25) is 5.28 Å². The minimum atomic E-state index is 0.254. The van der Waals surface area contributed by atoms with Crippen LogP contribution in [0.4, 0.5) is 5.82 Å². The molecule has 0 saturated carbocycles. The molecule has 1 aromatic heterocycles. The molecule has 5 heteroatoms. The predicted octanol–water partition coefficient (Wildman–Crippen LogP) is 4.07. The molecule has 1 rings (SSSR count). The molecule has 0 radical (unpaired) electrons. The fourth-order valence-corrected chi connectivity index (χ4v) is 1.24. The lowest BCUT2D eigenvalue weighted by Crippen LogP contribution is -2.00. The lowest BCUT2D eigenvalue weighted by Gasteiger charge is -2.03. The summed E-state index contributed by atoms with van der Waals surface area (Å²) in [6, 6.07) is 0. The maximum atomic E-state index is 5.57. The maximum absolute atomic E-state index is 5.57. The topological polar surface area (TPSA) is 37.8 Å². The zero-order valence-electron chi connectivity index (χ0n) is 9.37. The second-order valence-corrected chi connectivity index (χ2v) is 3.82. The summed E-state index contributed by atoms with van der Waals surface area (Å²) in [4.78, 5) is 7.75. The molecular weight excluding hydrogens is 289 g/mol. The van der Waals surface area contributed by atoms with Crippen LogP contribution in [-0.4, -0.2) is 16.5 Å². The summed E-state index contributed by atoms with van der Waals surface area (Å²) in [7, 11) is 0. The monoisotopic (exact) mass is 303 g/mol. The van der Waals surface area contributed by atoms with Crippen LogP contribution in [-0.2, 0) is 0 Å². The van der Waals surface area contributed by atoms with Crippen LogP contribution < -0.4 is 5.32 Å². The van der Waals surface area contributed by atoms with Crippen molar-refractivity contribution in [3.8, 4) is 0 Å². The van der Waals surface area contributed by atoms with Gasteiger partial charge in [0.05, 0.1) is 4.47 Å². The summed E-state index contributed by atoms with van der Waals surface area (Å²) in [5, 5.41) is 3.29. The minimum Gasteiger partial charge on any atom is -0.369 e. The van der Waals surface area contributed by atoms with Crippen LogP contribution >= 0.6 is 27.5 Å². The Morgan fingerprint density at radius 2 is 2.31 bits per heavy atom. The number of nitrogens with one attached hydrogen (secondary N) is 1. The van der Waals surface area contributed by atoms with Crippen LogP contribution in [0.5, 0.6) is 0 Å². The first-order valence-corrected chi connectivity index (χ1v) is 5.98. The van der Waals surface area contributed by atoms with Gasteiger partial charge < -0.3 is 5.32 Å². The van der Waals surface area contributed by atoms with Crippen molar-refractivity contribution in [1.29, 1.82) is 0 Å². The number of nitrogens with zero attached hydrogens (tertiary/aromatic N) is 2. The lowest BCUT2D eigenvalue weighted by molar-refractivity contribution is 1.10. The zero-order valence-corrected chi connectivity index (χ0v) is 11.7. The van der Waals surface area contributed by atoms with Gasteiger partial charge in [-0.05, 0) is 41.4 Å². The first-order chi connectivity index (χ1) is 7.65. The van der Waals surface area contributed by atoms with Crippen molar-refractivity contribution in [3.05, 3.63) is 40.8 Å². The average molecular weight is 305 g/mol. The van der Waals surface area contributed by atoms with Gasteiger partial charge in [-0.25, -0.2) is 4.98 Å². The summed E-state index contributed by atoms with van der Waals surface area (Å²) in [6.07, 6.45) is 7.19. The van der Waals surface area contributed by atoms with Crippen molar-refractivity contribution in [2.75, 3.05) is 11.9 Å². The molecule has 0 saturated heterocycles. The molecule has 0 aliphatic rings. The van der Waals surface area contributed by atoms with Crippen LogP contribution in [0.1, 0.15) is 13.8 Å². The Kier molecular flexibility index (Phi) is 8.85. The van der Waals surface area contributed by atoms with Crippen molar-refractivity contribution in [2.45, 2.75) is 13.8 Å². The van der Waals surface area contributed by atoms with Gasteiger partial charge in [-0.3, -0.25) is 0 Å². The van der Waals surface area contributed by atoms with E-state index in [0.29, 0.717) is 0 Å². The van der Waals surface area contributed by atoms with Gasteiger partial charge in [0.15, 0.2) is 0 Å². The highest BCUT2D eigenvalue weighted by atomic mass is 79.9. The van der Waals surface area contributed by atoms with Crippen molar-refractivity contribution in [2.24, 2.45) is 0 Å². The first-order valence-electron chi connectivity index (χ1n) is 4.81. The van der Waals surface area contributed by atoms with Crippen LogP contribution in [0.3, 0.4) is 0 Å². The summed E-state index contributed by atoms with van der Waals surface area (Å²) in [5.41, 5.74) is 0. The summed E-state index contributed by atoms with van der Waals surface area (Å²) >= 11 is 8.85. The molecule has 1 aromatic rings. The average Bonchev–Trinajstić information content (AvgIpc) is 2.26. The first kappa shape index (κ1) is 15.1. The smallest absolute Gasteiger partial charge is 0.224 e. The Labute approximate surface area is 110 Å². The number of allylic oxidation sites excluding steroid dienone is 3. The van der Waals surface area contributed by atoms with Crippen LogP contribution in [0.25, 0.3) is 0 Å². The van der Waals surface area contributed by atoms with E-state index in [1.807, 2.05) is 26.0 Å². The third-order valence-electron chi connectivity index (χ3n) is 1.39. The zero-order chi connectivity index (χ0) is 12.4. The predicted molar refractivity (Wildman–Crippen MR) is 73.9 cm³/mol. The van der Waals surface area contributed by atoms with E-state index in [9.17, 15) is 0 Å². The maximum Gasteiger partial charge on any atom is 0.224 e. The molecule has 0 atom stereocenters. The normalized spacial score (nSPS) is 9.50. The lowest BCUT2D eigenvalue weighted by atomic mass is 10.5. The van der Waals surface area contributed by atoms with Crippen LogP contribution in [0, 0.1) is 0 Å². The van der Waals surface area contributed by atoms with E-state index in [4.69, 9.17) is 11.6 Å². The highest BCUT2D eigenvalue weighted by molar-refractivity contribution is 9.10. The van der Waals surface area contributed by atoms with Crippen LogP contribution in [0.15, 0.2) is 35.5 Å². The van der Waals surface area contributed by atoms with Crippen molar-refractivity contribution in [3.63, 3.8) is 0 Å². The van der Waals surface area contributed by atoms with Gasteiger partial charge in [0, 0.05) is 12.7 Å². The number of anilines is 1. The van der Waals surface area contributed by atoms with E-state index in [1.165, 1.54) is 0 Å². The third-order valence-corrected chi connectivity index (χ3v) is 2.15. The molecule has 0 aromatic carbocycles. The van der Waals surface area contributed by atoms with Gasteiger partial charge in [0.2, 0.25) is 5.28 Å². The van der Waals surface area contributed by atoms with Gasteiger partial charge in [-0.1, -0.05) is 24.8 Å². The van der Waals surface area contributed by atoms with E-state index < -0.39 is 0 Å². The Balaban J connectivity index is 0.000000385. The van der Waals surface area contributed by atoms with E-state index in [0.717, 1.165) is 16.8 Å². The van der Waals surface area contributed by atoms with Gasteiger partial charge in [0.1, 0.15) is 5.82 Å². The highest BCUT2D eigenvalue weighted by Gasteiger charge is 2.00. The molecule has 0 spiro atoms. The molecular formula is C11H15BrClN3.